The van der Waals surface area contributed by atoms with Gasteiger partial charge >= 0.3 is 0 Å². The maximum atomic E-state index is 13.5. The molecule has 0 spiro atoms. The molecule has 4 nitrogen and oxygen atoms in total. The Balaban J connectivity index is 2.43. The molecule has 1 amide bonds. The predicted molar refractivity (Wildman–Crippen MR) is 61.6 cm³/mol. The van der Waals surface area contributed by atoms with E-state index in [4.69, 9.17) is 0 Å². The van der Waals surface area contributed by atoms with Crippen LogP contribution in [0.5, 0.6) is 0 Å². The SMILES string of the molecule is O=C(c1ccccc1F)N1N=C(C(F)F)CC1(O)C(F)F. The molecule has 0 aliphatic carbocycles. The first-order chi connectivity index (χ1) is 9.77. The van der Waals surface area contributed by atoms with E-state index in [-0.39, 0.29) is 5.01 Å². The van der Waals surface area contributed by atoms with E-state index in [1.807, 2.05) is 0 Å². The normalized spacial score (nSPS) is 22.1. The van der Waals surface area contributed by atoms with Gasteiger partial charge in [0.1, 0.15) is 11.5 Å². The van der Waals surface area contributed by atoms with Gasteiger partial charge in [-0.2, -0.15) is 10.1 Å². The highest BCUT2D eigenvalue weighted by molar-refractivity contribution is 5.99. The van der Waals surface area contributed by atoms with E-state index in [0.717, 1.165) is 12.1 Å². The van der Waals surface area contributed by atoms with Gasteiger partial charge in [0.15, 0.2) is 0 Å². The quantitative estimate of drug-likeness (QED) is 0.871. The third kappa shape index (κ3) is 2.60. The zero-order chi connectivity index (χ0) is 15.8. The fourth-order valence-corrected chi connectivity index (χ4v) is 1.85. The summed E-state index contributed by atoms with van der Waals surface area (Å²) in [5, 5.41) is 12.6. The molecule has 1 aromatic rings. The molecule has 1 unspecified atom stereocenters. The van der Waals surface area contributed by atoms with Crippen molar-refractivity contribution in [3.8, 4) is 0 Å². The molecule has 114 valence electrons. The van der Waals surface area contributed by atoms with Crippen LogP contribution in [0.25, 0.3) is 0 Å². The summed E-state index contributed by atoms with van der Waals surface area (Å²) >= 11 is 0. The molecule has 1 atom stereocenters. The summed E-state index contributed by atoms with van der Waals surface area (Å²) in [5.74, 6) is -2.47. The van der Waals surface area contributed by atoms with Gasteiger partial charge in [-0.25, -0.2) is 22.0 Å². The van der Waals surface area contributed by atoms with E-state index in [9.17, 15) is 31.9 Å². The first kappa shape index (κ1) is 15.4. The topological polar surface area (TPSA) is 52.9 Å². The van der Waals surface area contributed by atoms with Crippen molar-refractivity contribution in [3.05, 3.63) is 35.6 Å². The smallest absolute Gasteiger partial charge is 0.287 e. The van der Waals surface area contributed by atoms with Gasteiger partial charge in [0, 0.05) is 6.42 Å². The molecule has 0 bridgehead atoms. The number of nitrogens with zero attached hydrogens (tertiary/aromatic N) is 2. The van der Waals surface area contributed by atoms with Crippen LogP contribution in [0.15, 0.2) is 29.4 Å². The highest BCUT2D eigenvalue weighted by Gasteiger charge is 2.53. The Morgan fingerprint density at radius 2 is 1.90 bits per heavy atom. The molecule has 0 fully saturated rings. The van der Waals surface area contributed by atoms with Crippen LogP contribution in [0.3, 0.4) is 0 Å². The van der Waals surface area contributed by atoms with Gasteiger partial charge in [-0.3, -0.25) is 4.79 Å². The van der Waals surface area contributed by atoms with Gasteiger partial charge in [-0.15, -0.1) is 0 Å². The number of rotatable bonds is 3. The lowest BCUT2D eigenvalue weighted by molar-refractivity contribution is -0.164. The Bertz CT molecular complexity index is 593. The van der Waals surface area contributed by atoms with Crippen molar-refractivity contribution in [1.82, 2.24) is 5.01 Å². The van der Waals surface area contributed by atoms with E-state index in [1.165, 1.54) is 12.1 Å². The number of hydrogen-bond acceptors (Lipinski definition) is 3. The van der Waals surface area contributed by atoms with Crippen molar-refractivity contribution in [3.63, 3.8) is 0 Å². The third-order valence-corrected chi connectivity index (χ3v) is 2.93. The third-order valence-electron chi connectivity index (χ3n) is 2.93. The van der Waals surface area contributed by atoms with Crippen LogP contribution >= 0.6 is 0 Å². The summed E-state index contributed by atoms with van der Waals surface area (Å²) in [6.07, 6.45) is -7.97. The zero-order valence-corrected chi connectivity index (χ0v) is 10.3. The minimum Gasteiger partial charge on any atom is -0.364 e. The molecular formula is C12H9F5N2O2. The Hall–Kier alpha value is -2.03. The number of hydrogen-bond donors (Lipinski definition) is 1. The van der Waals surface area contributed by atoms with E-state index in [2.05, 4.69) is 5.10 Å². The number of amides is 1. The molecule has 0 saturated heterocycles. The second kappa shape index (κ2) is 5.40. The number of carbonyl (C=O) groups excluding carboxylic acids is 1. The second-order valence-electron chi connectivity index (χ2n) is 4.34. The van der Waals surface area contributed by atoms with E-state index >= 15 is 0 Å². The minimum absolute atomic E-state index is 0.183. The van der Waals surface area contributed by atoms with Crippen LogP contribution in [-0.2, 0) is 0 Å². The second-order valence-corrected chi connectivity index (χ2v) is 4.34. The maximum absolute atomic E-state index is 13.5. The lowest BCUT2D eigenvalue weighted by atomic mass is 10.1. The molecule has 0 saturated carbocycles. The van der Waals surface area contributed by atoms with Crippen molar-refractivity contribution in [2.45, 2.75) is 25.0 Å². The van der Waals surface area contributed by atoms with Crippen molar-refractivity contribution in [2.24, 2.45) is 5.10 Å². The van der Waals surface area contributed by atoms with Crippen molar-refractivity contribution in [1.29, 1.82) is 0 Å². The van der Waals surface area contributed by atoms with Crippen molar-refractivity contribution in [2.75, 3.05) is 0 Å². The average molecular weight is 308 g/mol. The number of halogens is 5. The van der Waals surface area contributed by atoms with Crippen LogP contribution in [0.4, 0.5) is 22.0 Å². The molecule has 1 N–H and O–H groups in total. The van der Waals surface area contributed by atoms with Gasteiger partial charge < -0.3 is 5.11 Å². The zero-order valence-electron chi connectivity index (χ0n) is 10.3. The van der Waals surface area contributed by atoms with Crippen LogP contribution in [0.1, 0.15) is 16.8 Å². The maximum Gasteiger partial charge on any atom is 0.287 e. The fraction of sp³-hybridized carbons (Fsp3) is 0.333. The summed E-state index contributed by atoms with van der Waals surface area (Å²) in [5.41, 5.74) is -4.94. The average Bonchev–Trinajstić information content (AvgIpc) is 2.78. The number of alkyl halides is 4. The Labute approximate surface area is 115 Å². The molecule has 1 aliphatic heterocycles. The molecular weight excluding hydrogens is 299 g/mol. The lowest BCUT2D eigenvalue weighted by Gasteiger charge is -2.30. The van der Waals surface area contributed by atoms with Gasteiger partial charge in [0.05, 0.1) is 5.56 Å². The Morgan fingerprint density at radius 1 is 1.29 bits per heavy atom. The largest absolute Gasteiger partial charge is 0.364 e. The van der Waals surface area contributed by atoms with Crippen LogP contribution in [-0.4, -0.2) is 40.3 Å². The first-order valence-electron chi connectivity index (χ1n) is 5.72. The number of aliphatic hydroxyl groups is 1. The Morgan fingerprint density at radius 3 is 2.43 bits per heavy atom. The van der Waals surface area contributed by atoms with E-state index in [1.54, 1.807) is 0 Å². The minimum atomic E-state index is -3.55. The van der Waals surface area contributed by atoms with Crippen LogP contribution in [0, 0.1) is 5.82 Å². The molecule has 1 aliphatic rings. The summed E-state index contributed by atoms with van der Waals surface area (Å²) in [7, 11) is 0. The van der Waals surface area contributed by atoms with E-state index < -0.39 is 48.0 Å². The molecule has 1 heterocycles. The van der Waals surface area contributed by atoms with E-state index in [0.29, 0.717) is 0 Å². The summed E-state index contributed by atoms with van der Waals surface area (Å²) in [6, 6.07) is 4.37. The molecule has 9 heteroatoms. The van der Waals surface area contributed by atoms with Gasteiger partial charge in [0.25, 0.3) is 18.8 Å². The molecule has 1 aromatic carbocycles. The molecule has 0 aromatic heterocycles. The van der Waals surface area contributed by atoms with Gasteiger partial charge in [0.2, 0.25) is 5.72 Å². The molecule has 2 rings (SSSR count). The molecule has 21 heavy (non-hydrogen) atoms. The summed E-state index contributed by atoms with van der Waals surface area (Å²) < 4.78 is 64.5. The summed E-state index contributed by atoms with van der Waals surface area (Å²) in [6.45, 7) is 0. The number of hydrazone groups is 1. The first-order valence-corrected chi connectivity index (χ1v) is 5.72. The van der Waals surface area contributed by atoms with Crippen molar-refractivity contribution < 1.29 is 31.9 Å². The molecule has 0 radical (unpaired) electrons. The Kier molecular flexibility index (Phi) is 3.95. The fourth-order valence-electron chi connectivity index (χ4n) is 1.85. The van der Waals surface area contributed by atoms with Gasteiger partial charge in [-0.1, -0.05) is 12.1 Å². The van der Waals surface area contributed by atoms with Crippen LogP contribution in [0.2, 0.25) is 0 Å². The number of carbonyl (C=O) groups is 1. The monoisotopic (exact) mass is 308 g/mol. The van der Waals surface area contributed by atoms with Crippen LogP contribution < -0.4 is 0 Å². The predicted octanol–water partition coefficient (Wildman–Crippen LogP) is 2.25. The lowest BCUT2D eigenvalue weighted by Crippen LogP contribution is -2.51. The van der Waals surface area contributed by atoms with Gasteiger partial charge in [-0.05, 0) is 12.1 Å². The highest BCUT2D eigenvalue weighted by atomic mass is 19.3. The summed E-state index contributed by atoms with van der Waals surface area (Å²) in [4.78, 5) is 12.0. The number of benzene rings is 1. The van der Waals surface area contributed by atoms with Crippen molar-refractivity contribution >= 4 is 11.6 Å². The standard InChI is InChI=1S/C12H9F5N2O2/c13-7-4-2-1-3-6(7)10(20)19-12(21,11(16)17)5-8(18-19)9(14)15/h1-4,9,11,21H,5H2. The highest BCUT2D eigenvalue weighted by Crippen LogP contribution is 2.34.